The summed E-state index contributed by atoms with van der Waals surface area (Å²) in [7, 11) is 0. The smallest absolute Gasteiger partial charge is 0.260 e. The first-order valence-corrected chi connectivity index (χ1v) is 10.4. The molecule has 0 bridgehead atoms. The molecule has 0 saturated carbocycles. The van der Waals surface area contributed by atoms with Gasteiger partial charge in [-0.15, -0.1) is 0 Å². The first kappa shape index (κ1) is 23.3. The Morgan fingerprint density at radius 1 is 1.34 bits per heavy atom. The lowest BCUT2D eigenvalue weighted by Crippen LogP contribution is -2.42. The van der Waals surface area contributed by atoms with Gasteiger partial charge < -0.3 is 21.1 Å². The minimum absolute atomic E-state index is 0.000954. The number of rotatable bonds is 7. The predicted octanol–water partition coefficient (Wildman–Crippen LogP) is 2.60. The highest BCUT2D eigenvalue weighted by Gasteiger charge is 2.35. The van der Waals surface area contributed by atoms with Crippen molar-refractivity contribution >= 4 is 23.1 Å². The fourth-order valence-electron chi connectivity index (χ4n) is 3.47. The summed E-state index contributed by atoms with van der Waals surface area (Å²) in [4.78, 5) is 35.3. The molecule has 1 aliphatic rings. The third-order valence-corrected chi connectivity index (χ3v) is 5.39. The van der Waals surface area contributed by atoms with Crippen LogP contribution in [0, 0.1) is 0 Å². The van der Waals surface area contributed by atoms with Crippen molar-refractivity contribution in [3.8, 4) is 0 Å². The van der Waals surface area contributed by atoms with E-state index >= 15 is 0 Å². The number of halogens is 1. The lowest BCUT2D eigenvalue weighted by molar-refractivity contribution is -0.111. The molecule has 9 heteroatoms. The van der Waals surface area contributed by atoms with Gasteiger partial charge in [-0.25, -0.2) is 14.4 Å². The van der Waals surface area contributed by atoms with Gasteiger partial charge in [0.05, 0.1) is 17.7 Å². The van der Waals surface area contributed by atoms with E-state index in [-0.39, 0.29) is 36.3 Å². The van der Waals surface area contributed by atoms with Gasteiger partial charge in [0.15, 0.2) is 5.82 Å². The van der Waals surface area contributed by atoms with E-state index in [4.69, 9.17) is 5.73 Å². The lowest BCUT2D eigenvalue weighted by atomic mass is 9.95. The van der Waals surface area contributed by atoms with Gasteiger partial charge in [0, 0.05) is 36.4 Å². The van der Waals surface area contributed by atoms with Gasteiger partial charge in [-0.05, 0) is 49.1 Å². The van der Waals surface area contributed by atoms with Gasteiger partial charge in [0.2, 0.25) is 0 Å². The zero-order valence-corrected chi connectivity index (χ0v) is 18.6. The molecule has 2 aromatic rings. The highest BCUT2D eigenvalue weighted by atomic mass is 19.1. The molecular formula is C23H28FN5O3. The number of aromatic nitrogens is 2. The molecule has 0 spiro atoms. The van der Waals surface area contributed by atoms with Crippen LogP contribution in [0.25, 0.3) is 5.57 Å². The third kappa shape index (κ3) is 4.77. The normalized spacial score (nSPS) is 15.2. The van der Waals surface area contributed by atoms with E-state index in [1.165, 1.54) is 31.1 Å². The van der Waals surface area contributed by atoms with Crippen LogP contribution in [0.5, 0.6) is 0 Å². The quantitative estimate of drug-likeness (QED) is 0.568. The van der Waals surface area contributed by atoms with Gasteiger partial charge in [-0.2, -0.15) is 0 Å². The second-order valence-electron chi connectivity index (χ2n) is 8.67. The van der Waals surface area contributed by atoms with Crippen LogP contribution in [0.2, 0.25) is 0 Å². The summed E-state index contributed by atoms with van der Waals surface area (Å²) < 4.78 is 14.4. The summed E-state index contributed by atoms with van der Waals surface area (Å²) >= 11 is 0. The minimum atomic E-state index is -1.59. The third-order valence-electron chi connectivity index (χ3n) is 5.39. The SMILES string of the molecule is CC(C)c1cc2c(cc1NC(=O)C(=CN)c1ncccn1)CN(C[C@@H](F)C(C)(C)O)C2=O. The van der Waals surface area contributed by atoms with Crippen LogP contribution in [-0.4, -0.2) is 50.1 Å². The summed E-state index contributed by atoms with van der Waals surface area (Å²) in [5.74, 6) is -0.581. The van der Waals surface area contributed by atoms with Crippen LogP contribution in [0.4, 0.5) is 10.1 Å². The molecule has 1 aliphatic heterocycles. The monoisotopic (exact) mass is 441 g/mol. The molecule has 32 heavy (non-hydrogen) atoms. The maximum absolute atomic E-state index is 14.4. The Balaban J connectivity index is 1.89. The molecule has 0 saturated heterocycles. The molecule has 2 heterocycles. The number of alkyl halides is 1. The van der Waals surface area contributed by atoms with Crippen LogP contribution < -0.4 is 11.1 Å². The van der Waals surface area contributed by atoms with Gasteiger partial charge in [-0.3, -0.25) is 9.59 Å². The number of fused-ring (bicyclic) bond motifs is 1. The fraction of sp³-hybridized carbons (Fsp3) is 0.391. The van der Waals surface area contributed by atoms with E-state index in [0.29, 0.717) is 16.8 Å². The first-order valence-electron chi connectivity index (χ1n) is 10.4. The molecule has 0 fully saturated rings. The molecule has 1 aromatic heterocycles. The largest absolute Gasteiger partial charge is 0.404 e. The lowest BCUT2D eigenvalue weighted by Gasteiger charge is -2.26. The number of hydrogen-bond donors (Lipinski definition) is 3. The summed E-state index contributed by atoms with van der Waals surface area (Å²) in [6.45, 7) is 6.60. The number of hydrogen-bond acceptors (Lipinski definition) is 6. The average molecular weight is 442 g/mol. The number of aliphatic hydroxyl groups is 1. The summed E-state index contributed by atoms with van der Waals surface area (Å²) in [6.07, 6.45) is 2.59. The van der Waals surface area contributed by atoms with E-state index in [2.05, 4.69) is 15.3 Å². The Hall–Kier alpha value is -3.33. The highest BCUT2D eigenvalue weighted by Crippen LogP contribution is 2.34. The fourth-order valence-corrected chi connectivity index (χ4v) is 3.47. The number of nitrogens with two attached hydrogens (primary N) is 1. The summed E-state index contributed by atoms with van der Waals surface area (Å²) in [5.41, 5.74) is 6.65. The molecule has 1 aromatic carbocycles. The highest BCUT2D eigenvalue weighted by molar-refractivity contribution is 6.24. The minimum Gasteiger partial charge on any atom is -0.404 e. The van der Waals surface area contributed by atoms with E-state index < -0.39 is 17.7 Å². The van der Waals surface area contributed by atoms with Crippen molar-refractivity contribution in [2.75, 3.05) is 11.9 Å². The van der Waals surface area contributed by atoms with E-state index in [9.17, 15) is 19.1 Å². The number of carbonyl (C=O) groups is 2. The average Bonchev–Trinajstić information content (AvgIpc) is 3.02. The molecule has 2 amide bonds. The van der Waals surface area contributed by atoms with E-state index in [1.54, 1.807) is 18.2 Å². The maximum Gasteiger partial charge on any atom is 0.260 e. The second-order valence-corrected chi connectivity index (χ2v) is 8.67. The van der Waals surface area contributed by atoms with Crippen molar-refractivity contribution in [3.63, 3.8) is 0 Å². The molecule has 0 unspecified atom stereocenters. The molecule has 4 N–H and O–H groups in total. The number of carbonyl (C=O) groups excluding carboxylic acids is 2. The zero-order chi connectivity index (χ0) is 23.6. The van der Waals surface area contributed by atoms with Crippen molar-refractivity contribution in [3.05, 3.63) is 59.3 Å². The number of anilines is 1. The van der Waals surface area contributed by atoms with Gasteiger partial charge >= 0.3 is 0 Å². The Labute approximate surface area is 186 Å². The summed E-state index contributed by atoms with van der Waals surface area (Å²) in [6, 6.07) is 5.10. The number of benzene rings is 1. The Morgan fingerprint density at radius 3 is 2.56 bits per heavy atom. The van der Waals surface area contributed by atoms with Crippen LogP contribution in [0.15, 0.2) is 36.8 Å². The van der Waals surface area contributed by atoms with Gasteiger partial charge in [0.1, 0.15) is 6.17 Å². The van der Waals surface area contributed by atoms with Crippen LogP contribution in [-0.2, 0) is 11.3 Å². The molecule has 1 atom stereocenters. The summed E-state index contributed by atoms with van der Waals surface area (Å²) in [5, 5.41) is 12.7. The molecular weight excluding hydrogens is 413 g/mol. The molecule has 3 rings (SSSR count). The van der Waals surface area contributed by atoms with Crippen LogP contribution in [0.1, 0.15) is 60.9 Å². The predicted molar refractivity (Wildman–Crippen MR) is 119 cm³/mol. The number of nitrogens with one attached hydrogen (secondary N) is 1. The van der Waals surface area contributed by atoms with Crippen molar-refractivity contribution < 1.29 is 19.1 Å². The van der Waals surface area contributed by atoms with E-state index in [1.807, 2.05) is 13.8 Å². The Bertz CT molecular complexity index is 1050. The van der Waals surface area contributed by atoms with Crippen molar-refractivity contribution in [2.45, 2.75) is 51.9 Å². The van der Waals surface area contributed by atoms with Crippen LogP contribution >= 0.6 is 0 Å². The van der Waals surface area contributed by atoms with E-state index in [0.717, 1.165) is 11.8 Å². The number of amides is 2. The first-order chi connectivity index (χ1) is 15.0. The van der Waals surface area contributed by atoms with Crippen molar-refractivity contribution in [1.29, 1.82) is 0 Å². The molecule has 8 nitrogen and oxygen atoms in total. The Morgan fingerprint density at radius 2 is 2.00 bits per heavy atom. The standard InChI is InChI=1S/C23H28FN5O3/c1-13(2)15-9-16-14(11-29(22(16)31)12-19(24)23(3,4)32)8-18(15)28-21(30)17(10-25)20-26-6-5-7-27-20/h5-10,13,19,32H,11-12,25H2,1-4H3,(H,28,30)/t19-/m1/s1. The van der Waals surface area contributed by atoms with Crippen molar-refractivity contribution in [2.24, 2.45) is 5.73 Å². The Kier molecular flexibility index (Phi) is 6.59. The molecule has 170 valence electrons. The topological polar surface area (TPSA) is 121 Å². The number of nitrogens with zero attached hydrogens (tertiary/aromatic N) is 3. The van der Waals surface area contributed by atoms with Gasteiger partial charge in [-0.1, -0.05) is 13.8 Å². The van der Waals surface area contributed by atoms with Crippen molar-refractivity contribution in [1.82, 2.24) is 14.9 Å². The molecule has 0 aliphatic carbocycles. The van der Waals surface area contributed by atoms with Gasteiger partial charge in [0.25, 0.3) is 11.8 Å². The van der Waals surface area contributed by atoms with Crippen LogP contribution in [0.3, 0.4) is 0 Å². The maximum atomic E-state index is 14.4. The second kappa shape index (κ2) is 9.04. The zero-order valence-electron chi connectivity index (χ0n) is 18.6. The molecule has 0 radical (unpaired) electrons.